The van der Waals surface area contributed by atoms with E-state index in [9.17, 15) is 0 Å². The average Bonchev–Trinajstić information content (AvgIpc) is 2.13. The van der Waals surface area contributed by atoms with Crippen molar-refractivity contribution >= 4 is 17.3 Å². The van der Waals surface area contributed by atoms with E-state index in [-0.39, 0.29) is 25.2 Å². The predicted octanol–water partition coefficient (Wildman–Crippen LogP) is -0.0597. The van der Waals surface area contributed by atoms with Gasteiger partial charge in [-0.1, -0.05) is 0 Å². The quantitative estimate of drug-likeness (QED) is 0.595. The Labute approximate surface area is 95.1 Å². The van der Waals surface area contributed by atoms with Gasteiger partial charge in [-0.2, -0.15) is 0 Å². The van der Waals surface area contributed by atoms with Crippen molar-refractivity contribution < 1.29 is 14.6 Å². The Morgan fingerprint density at radius 1 is 1.47 bits per heavy atom. The van der Waals surface area contributed by atoms with Crippen LogP contribution in [0, 0.1) is 0 Å². The number of hydrogen-bond acceptors (Lipinski definition) is 4. The smallest absolute Gasteiger partial charge is 0.168 e. The number of nitrogens with one attached hydrogen (secondary N) is 2. The maximum atomic E-state index is 8.60. The largest absolute Gasteiger partial charge is 0.395 e. The highest BCUT2D eigenvalue weighted by Gasteiger charge is 2.24. The molecule has 1 heterocycles. The van der Waals surface area contributed by atoms with Gasteiger partial charge in [-0.15, -0.1) is 0 Å². The highest BCUT2D eigenvalue weighted by atomic mass is 32.1. The minimum atomic E-state index is -0.216. The number of aliphatic hydroxyl groups is 1. The van der Waals surface area contributed by atoms with E-state index in [1.807, 2.05) is 13.8 Å². The molecule has 3 N–H and O–H groups in total. The Kier molecular flexibility index (Phi) is 5.24. The van der Waals surface area contributed by atoms with Crippen molar-refractivity contribution in [1.29, 1.82) is 0 Å². The van der Waals surface area contributed by atoms with E-state index in [1.54, 1.807) is 0 Å². The second kappa shape index (κ2) is 6.22. The molecule has 0 unspecified atom stereocenters. The fourth-order valence-corrected chi connectivity index (χ4v) is 1.70. The van der Waals surface area contributed by atoms with Crippen LogP contribution in [-0.2, 0) is 9.47 Å². The summed E-state index contributed by atoms with van der Waals surface area (Å²) in [6.07, 6.45) is 0.576. The summed E-state index contributed by atoms with van der Waals surface area (Å²) in [4.78, 5) is 0. The van der Waals surface area contributed by atoms with Gasteiger partial charge in [0, 0.05) is 13.0 Å². The van der Waals surface area contributed by atoms with Gasteiger partial charge in [0.25, 0.3) is 0 Å². The first kappa shape index (κ1) is 12.6. The van der Waals surface area contributed by atoms with Gasteiger partial charge in [0.2, 0.25) is 0 Å². The van der Waals surface area contributed by atoms with Gasteiger partial charge in [-0.3, -0.25) is 0 Å². The second-order valence-corrected chi connectivity index (χ2v) is 3.91. The first-order valence-corrected chi connectivity index (χ1v) is 5.48. The molecule has 1 fully saturated rings. The second-order valence-electron chi connectivity index (χ2n) is 3.50. The molecule has 0 amide bonds. The number of thiocarbonyl (C=S) groups is 1. The van der Waals surface area contributed by atoms with Crippen molar-refractivity contribution in [3.63, 3.8) is 0 Å². The zero-order valence-corrected chi connectivity index (χ0v) is 9.84. The van der Waals surface area contributed by atoms with E-state index in [0.717, 1.165) is 6.42 Å². The SMILES string of the molecule is C[C@H]1O[C@@H](C)C[C@@H](NC(=S)NCCO)O1. The molecule has 0 radical (unpaired) electrons. The third-order valence-corrected chi connectivity index (χ3v) is 2.28. The van der Waals surface area contributed by atoms with E-state index in [2.05, 4.69) is 10.6 Å². The van der Waals surface area contributed by atoms with Crippen molar-refractivity contribution in [1.82, 2.24) is 10.6 Å². The molecule has 0 aliphatic carbocycles. The van der Waals surface area contributed by atoms with Crippen LogP contribution in [0.5, 0.6) is 0 Å². The lowest BCUT2D eigenvalue weighted by atomic mass is 10.2. The van der Waals surface area contributed by atoms with Crippen LogP contribution in [0.2, 0.25) is 0 Å². The molecule has 1 aliphatic heterocycles. The number of aliphatic hydroxyl groups excluding tert-OH is 1. The Hall–Kier alpha value is -0.430. The molecule has 0 saturated carbocycles. The standard InChI is InChI=1S/C9H18N2O3S/c1-6-5-8(14-7(2)13-6)11-9(15)10-3-4-12/h6-8,12H,3-5H2,1-2H3,(H2,10,11,15)/t6-,7-,8-/m0/s1. The van der Waals surface area contributed by atoms with Crippen molar-refractivity contribution in [3.8, 4) is 0 Å². The van der Waals surface area contributed by atoms with Gasteiger partial charge in [0.05, 0.1) is 12.7 Å². The summed E-state index contributed by atoms with van der Waals surface area (Å²) < 4.78 is 10.9. The van der Waals surface area contributed by atoms with Crippen LogP contribution >= 0.6 is 12.2 Å². The summed E-state index contributed by atoms with van der Waals surface area (Å²) in [5.74, 6) is 0. The van der Waals surface area contributed by atoms with E-state index < -0.39 is 0 Å². The number of hydrogen-bond donors (Lipinski definition) is 3. The Morgan fingerprint density at radius 2 is 2.20 bits per heavy atom. The minimum Gasteiger partial charge on any atom is -0.395 e. The Balaban J connectivity index is 2.27. The lowest BCUT2D eigenvalue weighted by Crippen LogP contribution is -2.49. The Morgan fingerprint density at radius 3 is 2.80 bits per heavy atom. The summed E-state index contributed by atoms with van der Waals surface area (Å²) in [5, 5.41) is 15.0. The van der Waals surface area contributed by atoms with Crippen molar-refractivity contribution in [2.75, 3.05) is 13.2 Å². The van der Waals surface area contributed by atoms with Crippen molar-refractivity contribution in [3.05, 3.63) is 0 Å². The van der Waals surface area contributed by atoms with Crippen LogP contribution in [-0.4, -0.2) is 42.0 Å². The molecule has 6 heteroatoms. The van der Waals surface area contributed by atoms with Gasteiger partial charge in [0.15, 0.2) is 11.4 Å². The van der Waals surface area contributed by atoms with Gasteiger partial charge in [0.1, 0.15) is 6.23 Å². The van der Waals surface area contributed by atoms with Crippen LogP contribution < -0.4 is 10.6 Å². The third-order valence-electron chi connectivity index (χ3n) is 2.02. The molecule has 1 saturated heterocycles. The van der Waals surface area contributed by atoms with E-state index in [0.29, 0.717) is 11.7 Å². The summed E-state index contributed by atoms with van der Waals surface area (Å²) >= 11 is 5.02. The minimum absolute atomic E-state index is 0.0588. The zero-order valence-electron chi connectivity index (χ0n) is 9.03. The summed E-state index contributed by atoms with van der Waals surface area (Å²) in [6.45, 7) is 4.36. The lowest BCUT2D eigenvalue weighted by Gasteiger charge is -2.33. The summed E-state index contributed by atoms with van der Waals surface area (Å²) in [7, 11) is 0. The third kappa shape index (κ3) is 4.74. The van der Waals surface area contributed by atoms with Crippen molar-refractivity contribution in [2.45, 2.75) is 38.9 Å². The molecule has 0 bridgehead atoms. The number of rotatable bonds is 3. The number of ether oxygens (including phenoxy) is 2. The van der Waals surface area contributed by atoms with Crippen molar-refractivity contribution in [2.24, 2.45) is 0 Å². The van der Waals surface area contributed by atoms with Crippen LogP contribution in [0.1, 0.15) is 20.3 Å². The first-order valence-electron chi connectivity index (χ1n) is 5.08. The molecule has 0 aromatic heterocycles. The molecule has 0 spiro atoms. The highest BCUT2D eigenvalue weighted by Crippen LogP contribution is 2.15. The molecule has 0 aromatic rings. The average molecular weight is 234 g/mol. The molecule has 1 rings (SSSR count). The maximum Gasteiger partial charge on any atom is 0.168 e. The van der Waals surface area contributed by atoms with Crippen LogP contribution in [0.4, 0.5) is 0 Å². The fourth-order valence-electron chi connectivity index (χ4n) is 1.46. The molecule has 1 aliphatic rings. The van der Waals surface area contributed by atoms with Crippen LogP contribution in [0.15, 0.2) is 0 Å². The molecule has 88 valence electrons. The van der Waals surface area contributed by atoms with E-state index in [4.69, 9.17) is 26.8 Å². The monoisotopic (exact) mass is 234 g/mol. The van der Waals surface area contributed by atoms with Gasteiger partial charge < -0.3 is 25.2 Å². The highest BCUT2D eigenvalue weighted by molar-refractivity contribution is 7.80. The lowest BCUT2D eigenvalue weighted by molar-refractivity contribution is -0.232. The van der Waals surface area contributed by atoms with E-state index >= 15 is 0 Å². The molecule has 3 atom stereocenters. The van der Waals surface area contributed by atoms with Crippen LogP contribution in [0.25, 0.3) is 0 Å². The van der Waals surface area contributed by atoms with Gasteiger partial charge in [-0.25, -0.2) is 0 Å². The normalized spacial score (nSPS) is 31.0. The van der Waals surface area contributed by atoms with Gasteiger partial charge >= 0.3 is 0 Å². The zero-order chi connectivity index (χ0) is 11.3. The van der Waals surface area contributed by atoms with E-state index in [1.165, 1.54) is 0 Å². The summed E-state index contributed by atoms with van der Waals surface area (Å²) in [5.41, 5.74) is 0. The molecule has 0 aromatic carbocycles. The molecular formula is C9H18N2O3S. The maximum absolute atomic E-state index is 8.60. The fraction of sp³-hybridized carbons (Fsp3) is 0.889. The summed E-state index contributed by atoms with van der Waals surface area (Å²) in [6, 6.07) is 0. The predicted molar refractivity (Wildman–Crippen MR) is 60.3 cm³/mol. The molecule has 15 heavy (non-hydrogen) atoms. The molecule has 5 nitrogen and oxygen atoms in total. The van der Waals surface area contributed by atoms with Crippen LogP contribution in [0.3, 0.4) is 0 Å². The topological polar surface area (TPSA) is 62.8 Å². The Bertz CT molecular complexity index is 206. The van der Waals surface area contributed by atoms with Gasteiger partial charge in [-0.05, 0) is 26.1 Å². The first-order chi connectivity index (χ1) is 7.11. The molecular weight excluding hydrogens is 216 g/mol.